The van der Waals surface area contributed by atoms with Gasteiger partial charge in [-0.2, -0.15) is 5.10 Å². The van der Waals surface area contributed by atoms with Gasteiger partial charge in [0.1, 0.15) is 10.6 Å². The number of hydrogen-bond acceptors (Lipinski definition) is 3. The van der Waals surface area contributed by atoms with Gasteiger partial charge < -0.3 is 0 Å². The number of halogens is 1. The molecule has 1 aromatic heterocycles. The molecule has 5 nitrogen and oxygen atoms in total. The first kappa shape index (κ1) is 18.5. The topological polar surface area (TPSA) is 64.0 Å². The molecule has 26 heavy (non-hydrogen) atoms. The molecule has 0 aliphatic carbocycles. The fraction of sp³-hybridized carbons (Fsp3) is 0.211. The zero-order valence-electron chi connectivity index (χ0n) is 14.8. The number of benzene rings is 2. The maximum Gasteiger partial charge on any atom is 0.265 e. The van der Waals surface area contributed by atoms with Gasteiger partial charge in [0.05, 0.1) is 5.69 Å². The molecule has 0 saturated heterocycles. The second-order valence-corrected chi connectivity index (χ2v) is 8.43. The van der Waals surface area contributed by atoms with E-state index in [1.807, 2.05) is 51.1 Å². The van der Waals surface area contributed by atoms with Crippen LogP contribution in [0.1, 0.15) is 25.5 Å². The van der Waals surface area contributed by atoms with E-state index < -0.39 is 10.0 Å². The van der Waals surface area contributed by atoms with Crippen molar-refractivity contribution >= 4 is 27.3 Å². The summed E-state index contributed by atoms with van der Waals surface area (Å²) in [6.45, 7) is 5.73. The summed E-state index contributed by atoms with van der Waals surface area (Å²) in [6, 6.07) is 14.4. The zero-order valence-corrected chi connectivity index (χ0v) is 16.3. The highest BCUT2D eigenvalue weighted by Gasteiger charge is 2.25. The second kappa shape index (κ2) is 7.13. The number of rotatable bonds is 5. The van der Waals surface area contributed by atoms with Gasteiger partial charge >= 0.3 is 0 Å². The number of aromatic nitrogens is 2. The molecule has 1 heterocycles. The van der Waals surface area contributed by atoms with Gasteiger partial charge in [-0.15, -0.1) is 0 Å². The molecule has 0 atom stereocenters. The Balaban J connectivity index is 2.11. The highest BCUT2D eigenvalue weighted by Crippen LogP contribution is 2.30. The Labute approximate surface area is 158 Å². The van der Waals surface area contributed by atoms with Gasteiger partial charge in [0.25, 0.3) is 10.0 Å². The van der Waals surface area contributed by atoms with Crippen molar-refractivity contribution < 1.29 is 8.42 Å². The van der Waals surface area contributed by atoms with Gasteiger partial charge in [-0.05, 0) is 38.5 Å². The van der Waals surface area contributed by atoms with Crippen molar-refractivity contribution in [3.8, 4) is 11.3 Å². The van der Waals surface area contributed by atoms with Crippen molar-refractivity contribution in [2.24, 2.45) is 0 Å². The molecule has 0 amide bonds. The minimum absolute atomic E-state index is 0.0364. The third kappa shape index (κ3) is 3.76. The summed E-state index contributed by atoms with van der Waals surface area (Å²) in [7, 11) is -3.84. The van der Waals surface area contributed by atoms with Crippen LogP contribution in [0.25, 0.3) is 11.3 Å². The van der Waals surface area contributed by atoms with Crippen LogP contribution in [0.3, 0.4) is 0 Å². The van der Waals surface area contributed by atoms with Gasteiger partial charge in [0.2, 0.25) is 0 Å². The molecular weight excluding hydrogens is 370 g/mol. The molecule has 0 spiro atoms. The van der Waals surface area contributed by atoms with Crippen LogP contribution in [-0.2, 0) is 10.0 Å². The van der Waals surface area contributed by atoms with Crippen LogP contribution < -0.4 is 4.72 Å². The number of aryl methyl sites for hydroxylation is 1. The Morgan fingerprint density at radius 3 is 2.46 bits per heavy atom. The highest BCUT2D eigenvalue weighted by atomic mass is 35.5. The quantitative estimate of drug-likeness (QED) is 0.675. The summed E-state index contributed by atoms with van der Waals surface area (Å²) < 4.78 is 30.5. The number of anilines is 1. The largest absolute Gasteiger partial charge is 0.279 e. The molecular formula is C19H20ClN3O2S. The lowest BCUT2D eigenvalue weighted by Crippen LogP contribution is -2.14. The van der Waals surface area contributed by atoms with Crippen LogP contribution in [0.5, 0.6) is 0 Å². The molecule has 0 aliphatic rings. The minimum Gasteiger partial charge on any atom is -0.279 e. The number of sulfonamides is 1. The minimum atomic E-state index is -3.84. The lowest BCUT2D eigenvalue weighted by Gasteiger charge is -2.11. The second-order valence-electron chi connectivity index (χ2n) is 6.35. The summed E-state index contributed by atoms with van der Waals surface area (Å²) in [5, 5.41) is 4.97. The van der Waals surface area contributed by atoms with Gasteiger partial charge in [-0.3, -0.25) is 9.40 Å². The standard InChI is InChI=1S/C19H20ClN3O2S/c1-13(2)23-12-18(19(21-23)15-7-5-4-6-8-15)26(24,25)22-17-11-16(20)10-9-14(17)3/h4-13,22H,1-3H3. The number of hydrogen-bond donors (Lipinski definition) is 1. The van der Waals surface area contributed by atoms with Crippen molar-refractivity contribution in [1.82, 2.24) is 9.78 Å². The summed E-state index contributed by atoms with van der Waals surface area (Å²) >= 11 is 6.01. The van der Waals surface area contributed by atoms with E-state index in [0.29, 0.717) is 16.4 Å². The molecule has 0 aliphatic heterocycles. The lowest BCUT2D eigenvalue weighted by atomic mass is 10.2. The van der Waals surface area contributed by atoms with Crippen LogP contribution >= 0.6 is 11.6 Å². The van der Waals surface area contributed by atoms with Crippen LogP contribution in [0, 0.1) is 6.92 Å². The van der Waals surface area contributed by atoms with Crippen LogP contribution in [-0.4, -0.2) is 18.2 Å². The Kier molecular flexibility index (Phi) is 5.07. The summed E-state index contributed by atoms with van der Waals surface area (Å²) in [5.74, 6) is 0. The molecule has 0 saturated carbocycles. The van der Waals surface area contributed by atoms with E-state index in [-0.39, 0.29) is 10.9 Å². The summed E-state index contributed by atoms with van der Waals surface area (Å²) in [5.41, 5.74) is 2.41. The third-order valence-corrected chi connectivity index (χ3v) is 5.61. The molecule has 3 rings (SSSR count). The van der Waals surface area contributed by atoms with Crippen molar-refractivity contribution in [3.63, 3.8) is 0 Å². The fourth-order valence-corrected chi connectivity index (χ4v) is 3.99. The van der Waals surface area contributed by atoms with E-state index >= 15 is 0 Å². The Morgan fingerprint density at radius 2 is 1.81 bits per heavy atom. The van der Waals surface area contributed by atoms with Crippen molar-refractivity contribution in [2.75, 3.05) is 4.72 Å². The maximum atomic E-state index is 13.1. The van der Waals surface area contributed by atoms with Gasteiger partial charge in [0, 0.05) is 22.8 Å². The van der Waals surface area contributed by atoms with Gasteiger partial charge in [-0.1, -0.05) is 48.0 Å². The molecule has 1 N–H and O–H groups in total. The van der Waals surface area contributed by atoms with E-state index in [4.69, 9.17) is 11.6 Å². The predicted octanol–water partition coefficient (Wildman–Crippen LogP) is 4.89. The molecule has 2 aromatic carbocycles. The normalized spacial score (nSPS) is 11.7. The zero-order chi connectivity index (χ0) is 18.9. The van der Waals surface area contributed by atoms with Gasteiger partial charge in [0.15, 0.2) is 0 Å². The van der Waals surface area contributed by atoms with Crippen LogP contribution in [0.15, 0.2) is 59.6 Å². The molecule has 136 valence electrons. The van der Waals surface area contributed by atoms with Crippen molar-refractivity contribution in [3.05, 3.63) is 65.3 Å². The molecule has 3 aromatic rings. The van der Waals surface area contributed by atoms with Gasteiger partial charge in [-0.25, -0.2) is 8.42 Å². The van der Waals surface area contributed by atoms with Crippen molar-refractivity contribution in [1.29, 1.82) is 0 Å². The first-order chi connectivity index (χ1) is 12.3. The predicted molar refractivity (Wildman–Crippen MR) is 105 cm³/mol. The highest BCUT2D eigenvalue weighted by molar-refractivity contribution is 7.92. The fourth-order valence-electron chi connectivity index (χ4n) is 2.54. The summed E-state index contributed by atoms with van der Waals surface area (Å²) in [4.78, 5) is 0.136. The molecule has 0 bridgehead atoms. The van der Waals surface area contributed by atoms with Crippen LogP contribution in [0.2, 0.25) is 5.02 Å². The molecule has 0 unspecified atom stereocenters. The van der Waals surface area contributed by atoms with E-state index in [1.165, 1.54) is 0 Å². The lowest BCUT2D eigenvalue weighted by molar-refractivity contribution is 0.532. The Hall–Kier alpha value is -2.31. The van der Waals surface area contributed by atoms with Crippen LogP contribution in [0.4, 0.5) is 5.69 Å². The SMILES string of the molecule is Cc1ccc(Cl)cc1NS(=O)(=O)c1cn(C(C)C)nc1-c1ccccc1. The average molecular weight is 390 g/mol. The van der Waals surface area contributed by atoms with E-state index in [0.717, 1.165) is 11.1 Å². The first-order valence-electron chi connectivity index (χ1n) is 8.21. The third-order valence-electron chi connectivity index (χ3n) is 4.01. The molecule has 0 radical (unpaired) electrons. The monoisotopic (exact) mass is 389 g/mol. The Morgan fingerprint density at radius 1 is 1.12 bits per heavy atom. The molecule has 7 heteroatoms. The first-order valence-corrected chi connectivity index (χ1v) is 10.1. The van der Waals surface area contributed by atoms with E-state index in [1.54, 1.807) is 29.1 Å². The Bertz CT molecular complexity index is 1030. The molecule has 0 fully saturated rings. The average Bonchev–Trinajstić information content (AvgIpc) is 3.05. The van der Waals surface area contributed by atoms with E-state index in [9.17, 15) is 8.42 Å². The smallest absolute Gasteiger partial charge is 0.265 e. The summed E-state index contributed by atoms with van der Waals surface area (Å²) in [6.07, 6.45) is 1.56. The number of nitrogens with zero attached hydrogens (tertiary/aromatic N) is 2. The van der Waals surface area contributed by atoms with Crippen molar-refractivity contribution in [2.45, 2.75) is 31.7 Å². The maximum absolute atomic E-state index is 13.1. The number of nitrogens with one attached hydrogen (secondary N) is 1. The van der Waals surface area contributed by atoms with E-state index in [2.05, 4.69) is 9.82 Å².